The van der Waals surface area contributed by atoms with E-state index in [1.165, 1.54) is 6.92 Å². The molecule has 0 saturated heterocycles. The molecule has 0 bridgehead atoms. The fourth-order valence-corrected chi connectivity index (χ4v) is 6.11. The molecule has 0 aliphatic carbocycles. The van der Waals surface area contributed by atoms with Crippen molar-refractivity contribution in [1.29, 1.82) is 0 Å². The Hall–Kier alpha value is -3.08. The maximum absolute atomic E-state index is 14.1. The number of carbonyl (C=O) groups is 3. The molecule has 2 aromatic rings. The number of halogens is 1. The zero-order valence-electron chi connectivity index (χ0n) is 30.4. The Kier molecular flexibility index (Phi) is 13.9. The molecule has 2 rings (SSSR count). The maximum atomic E-state index is 14.1. The average molecular weight is 691 g/mol. The molecule has 0 spiro atoms. The van der Waals surface area contributed by atoms with Gasteiger partial charge in [0, 0.05) is 11.6 Å². The van der Waals surface area contributed by atoms with Crippen LogP contribution in [-0.2, 0) is 33.6 Å². The van der Waals surface area contributed by atoms with E-state index in [0.717, 1.165) is 5.56 Å². The first-order valence-electron chi connectivity index (χ1n) is 16.4. The summed E-state index contributed by atoms with van der Waals surface area (Å²) in [5.74, 6) is -1.39. The van der Waals surface area contributed by atoms with Crippen molar-refractivity contribution in [3.63, 3.8) is 0 Å². The van der Waals surface area contributed by atoms with Crippen LogP contribution in [0.3, 0.4) is 0 Å². The second kappa shape index (κ2) is 16.3. The molecular formula is C36H55ClN2O7Si. The minimum Gasteiger partial charge on any atom is -0.465 e. The standard InChI is InChI=1S/C36H55ClN2O7Si/c1-13-23-38(29-21-19-27(20-22-29)36(10,31(40)43-14-2)32(41)44-15-3)39(33(42)45-34(4,5)6)25-30(26-17-16-18-28(37)24-26)46-47(11,12)35(7,8)9/h16-22,24,30H,13-15,23,25H2,1-12H3/t30-/m0/s1. The lowest BCUT2D eigenvalue weighted by atomic mass is 9.82. The number of carbonyl (C=O) groups excluding carboxylic acids is 3. The number of rotatable bonds is 14. The van der Waals surface area contributed by atoms with Crippen LogP contribution in [0, 0.1) is 0 Å². The summed E-state index contributed by atoms with van der Waals surface area (Å²) in [6.07, 6.45) is -0.351. The molecule has 262 valence electrons. The second-order valence-electron chi connectivity index (χ2n) is 14.2. The number of anilines is 1. The van der Waals surface area contributed by atoms with Crippen molar-refractivity contribution in [3.8, 4) is 0 Å². The van der Waals surface area contributed by atoms with E-state index in [-0.39, 0.29) is 24.8 Å². The van der Waals surface area contributed by atoms with Crippen LogP contribution in [0.25, 0.3) is 0 Å². The Morgan fingerprint density at radius 3 is 1.85 bits per heavy atom. The Bertz CT molecular complexity index is 1330. The van der Waals surface area contributed by atoms with Crippen LogP contribution in [0.15, 0.2) is 48.5 Å². The lowest BCUT2D eigenvalue weighted by Crippen LogP contribution is -2.52. The molecule has 0 fully saturated rings. The van der Waals surface area contributed by atoms with Gasteiger partial charge < -0.3 is 18.6 Å². The Morgan fingerprint density at radius 1 is 0.851 bits per heavy atom. The molecule has 47 heavy (non-hydrogen) atoms. The van der Waals surface area contributed by atoms with Crippen molar-refractivity contribution in [2.45, 2.75) is 111 Å². The summed E-state index contributed by atoms with van der Waals surface area (Å²) in [7, 11) is -2.34. The molecule has 0 heterocycles. The molecule has 1 amide bonds. The predicted molar refractivity (Wildman–Crippen MR) is 190 cm³/mol. The van der Waals surface area contributed by atoms with Crippen molar-refractivity contribution in [3.05, 3.63) is 64.7 Å². The van der Waals surface area contributed by atoms with Crippen LogP contribution in [0.4, 0.5) is 10.5 Å². The van der Waals surface area contributed by atoms with E-state index in [1.54, 1.807) is 43.1 Å². The lowest BCUT2D eigenvalue weighted by Gasteiger charge is -2.43. The van der Waals surface area contributed by atoms with Gasteiger partial charge in [-0.15, -0.1) is 0 Å². The summed E-state index contributed by atoms with van der Waals surface area (Å²) < 4.78 is 23.5. The lowest BCUT2D eigenvalue weighted by molar-refractivity contribution is -0.163. The second-order valence-corrected chi connectivity index (χ2v) is 19.4. The first-order valence-corrected chi connectivity index (χ1v) is 19.7. The first-order chi connectivity index (χ1) is 21.7. The number of amides is 1. The highest BCUT2D eigenvalue weighted by Gasteiger charge is 2.46. The van der Waals surface area contributed by atoms with Crippen molar-refractivity contribution in [2.75, 3.05) is 31.3 Å². The number of esters is 2. The third-order valence-electron chi connectivity index (χ3n) is 8.24. The van der Waals surface area contributed by atoms with Gasteiger partial charge in [-0.1, -0.05) is 63.6 Å². The minimum absolute atomic E-state index is 0.0932. The van der Waals surface area contributed by atoms with Crippen LogP contribution in [0.2, 0.25) is 23.2 Å². The van der Waals surface area contributed by atoms with Gasteiger partial charge in [0.15, 0.2) is 13.7 Å². The SMILES string of the molecule is CCCN(c1ccc(C(C)(C(=O)OCC)C(=O)OCC)cc1)N(C[C@H](O[Si](C)(C)C(C)(C)C)c1cccc(Cl)c1)C(=O)OC(C)(C)C. The molecule has 0 unspecified atom stereocenters. The summed E-state index contributed by atoms with van der Waals surface area (Å²) in [6, 6.07) is 14.5. The van der Waals surface area contributed by atoms with E-state index in [0.29, 0.717) is 29.2 Å². The van der Waals surface area contributed by atoms with Gasteiger partial charge in [0.2, 0.25) is 0 Å². The Balaban J connectivity index is 2.71. The zero-order chi connectivity index (χ0) is 35.8. The largest absolute Gasteiger partial charge is 0.465 e. The number of ether oxygens (including phenoxy) is 3. The molecule has 0 N–H and O–H groups in total. The first kappa shape index (κ1) is 40.1. The smallest absolute Gasteiger partial charge is 0.429 e. The van der Waals surface area contributed by atoms with Gasteiger partial charge in [-0.05, 0) is 101 Å². The zero-order valence-corrected chi connectivity index (χ0v) is 32.1. The van der Waals surface area contributed by atoms with Crippen molar-refractivity contribution < 1.29 is 33.0 Å². The summed E-state index contributed by atoms with van der Waals surface area (Å²) in [4.78, 5) is 40.2. The number of hydrogen-bond acceptors (Lipinski definition) is 8. The Labute approximate surface area is 287 Å². The van der Waals surface area contributed by atoms with Gasteiger partial charge in [-0.25, -0.2) is 9.80 Å². The van der Waals surface area contributed by atoms with Crippen LogP contribution >= 0.6 is 11.6 Å². The fourth-order valence-electron chi connectivity index (χ4n) is 4.63. The minimum atomic E-state index is -2.34. The van der Waals surface area contributed by atoms with Crippen LogP contribution < -0.4 is 5.01 Å². The Morgan fingerprint density at radius 2 is 1.40 bits per heavy atom. The highest BCUT2D eigenvalue weighted by atomic mass is 35.5. The normalized spacial score (nSPS) is 13.0. The van der Waals surface area contributed by atoms with Gasteiger partial charge in [0.05, 0.1) is 31.5 Å². The number of hydrogen-bond donors (Lipinski definition) is 0. The molecule has 0 aliphatic rings. The van der Waals surface area contributed by atoms with Crippen molar-refractivity contribution in [2.24, 2.45) is 0 Å². The van der Waals surface area contributed by atoms with Crippen LogP contribution in [0.1, 0.15) is 92.9 Å². The van der Waals surface area contributed by atoms with Crippen molar-refractivity contribution >= 4 is 43.6 Å². The number of benzene rings is 2. The summed E-state index contributed by atoms with van der Waals surface area (Å²) in [5.41, 5.74) is -0.503. The summed E-state index contributed by atoms with van der Waals surface area (Å²) in [5, 5.41) is 3.92. The highest BCUT2D eigenvalue weighted by molar-refractivity contribution is 6.74. The third-order valence-corrected chi connectivity index (χ3v) is 13.0. The molecule has 0 aromatic heterocycles. The van der Waals surface area contributed by atoms with Crippen LogP contribution in [-0.4, -0.2) is 63.3 Å². The van der Waals surface area contributed by atoms with Gasteiger partial charge in [-0.2, -0.15) is 0 Å². The maximum Gasteiger partial charge on any atom is 0.429 e. The molecule has 2 aromatic carbocycles. The summed E-state index contributed by atoms with van der Waals surface area (Å²) in [6.45, 7) is 24.1. The van der Waals surface area contributed by atoms with Gasteiger partial charge >= 0.3 is 18.0 Å². The van der Waals surface area contributed by atoms with Crippen molar-refractivity contribution in [1.82, 2.24) is 5.01 Å². The van der Waals surface area contributed by atoms with E-state index in [4.69, 9.17) is 30.2 Å². The predicted octanol–water partition coefficient (Wildman–Crippen LogP) is 8.86. The number of nitrogens with zero attached hydrogens (tertiary/aromatic N) is 2. The molecule has 0 aliphatic heterocycles. The summed E-state index contributed by atoms with van der Waals surface area (Å²) >= 11 is 6.45. The van der Waals surface area contributed by atoms with E-state index in [1.807, 2.05) is 57.0 Å². The molecular weight excluding hydrogens is 636 g/mol. The van der Waals surface area contributed by atoms with E-state index in [2.05, 4.69) is 33.9 Å². The fraction of sp³-hybridized carbons (Fsp3) is 0.583. The average Bonchev–Trinajstić information content (AvgIpc) is 2.96. The van der Waals surface area contributed by atoms with E-state index < -0.39 is 43.5 Å². The third kappa shape index (κ3) is 10.5. The monoisotopic (exact) mass is 690 g/mol. The highest BCUT2D eigenvalue weighted by Crippen LogP contribution is 2.41. The molecule has 1 atom stereocenters. The molecule has 0 radical (unpaired) electrons. The van der Waals surface area contributed by atoms with E-state index >= 15 is 0 Å². The van der Waals surface area contributed by atoms with E-state index in [9.17, 15) is 14.4 Å². The van der Waals surface area contributed by atoms with Gasteiger partial charge in [-0.3, -0.25) is 14.6 Å². The van der Waals surface area contributed by atoms with Gasteiger partial charge in [0.25, 0.3) is 0 Å². The molecule has 0 saturated carbocycles. The number of hydrazine groups is 1. The molecule has 11 heteroatoms. The quantitative estimate of drug-likeness (QED) is 0.0638. The van der Waals surface area contributed by atoms with Gasteiger partial charge in [0.1, 0.15) is 5.60 Å². The van der Waals surface area contributed by atoms with Crippen LogP contribution in [0.5, 0.6) is 0 Å². The molecule has 9 nitrogen and oxygen atoms in total. The topological polar surface area (TPSA) is 94.6 Å².